The molecule has 0 aliphatic rings. The van der Waals surface area contributed by atoms with Crippen LogP contribution in [0.5, 0.6) is 5.75 Å². The van der Waals surface area contributed by atoms with Crippen molar-refractivity contribution in [2.24, 2.45) is 0 Å². The number of hydrogen-bond acceptors (Lipinski definition) is 3. The highest BCUT2D eigenvalue weighted by Gasteiger charge is 2.10. The summed E-state index contributed by atoms with van der Waals surface area (Å²) in [5.41, 5.74) is 2.47. The summed E-state index contributed by atoms with van der Waals surface area (Å²) in [6.45, 7) is 5.90. The largest absolute Gasteiger partial charge is 0.493 e. The summed E-state index contributed by atoms with van der Waals surface area (Å²) in [5, 5.41) is 3.27. The summed E-state index contributed by atoms with van der Waals surface area (Å²) in [6, 6.07) is 6.64. The normalized spacial score (nSPS) is 12.3. The van der Waals surface area contributed by atoms with Crippen LogP contribution in [0.4, 0.5) is 0 Å². The minimum Gasteiger partial charge on any atom is -0.493 e. The van der Waals surface area contributed by atoms with Crippen molar-refractivity contribution in [2.45, 2.75) is 32.9 Å². The van der Waals surface area contributed by atoms with Gasteiger partial charge in [-0.05, 0) is 33.4 Å². The van der Waals surface area contributed by atoms with Crippen LogP contribution in [0.3, 0.4) is 0 Å². The summed E-state index contributed by atoms with van der Waals surface area (Å²) in [4.78, 5) is 4.03. The minimum absolute atomic E-state index is 0.290. The highest BCUT2D eigenvalue weighted by atomic mass is 16.5. The maximum absolute atomic E-state index is 5.94. The van der Waals surface area contributed by atoms with Crippen molar-refractivity contribution in [2.75, 3.05) is 13.7 Å². The fourth-order valence-corrected chi connectivity index (χ4v) is 2.14. The van der Waals surface area contributed by atoms with Crippen LogP contribution in [0, 0.1) is 6.92 Å². The van der Waals surface area contributed by atoms with Crippen LogP contribution in [0.25, 0.3) is 0 Å². The molecule has 2 aromatic rings. The summed E-state index contributed by atoms with van der Waals surface area (Å²) in [6.07, 6.45) is 6.58. The Bertz CT molecular complexity index is 523. The van der Waals surface area contributed by atoms with Crippen molar-refractivity contribution in [3.63, 3.8) is 0 Å². The van der Waals surface area contributed by atoms with Gasteiger partial charge in [-0.15, -0.1) is 0 Å². The molecule has 20 heavy (non-hydrogen) atoms. The monoisotopic (exact) mass is 273 g/mol. The number of hydrogen-bond donors (Lipinski definition) is 1. The molecule has 0 radical (unpaired) electrons. The van der Waals surface area contributed by atoms with E-state index in [-0.39, 0.29) is 0 Å². The van der Waals surface area contributed by atoms with Crippen LogP contribution in [0.2, 0.25) is 0 Å². The van der Waals surface area contributed by atoms with Crippen LogP contribution < -0.4 is 10.1 Å². The van der Waals surface area contributed by atoms with E-state index in [4.69, 9.17) is 4.74 Å². The zero-order valence-electron chi connectivity index (χ0n) is 12.5. The molecule has 1 N–H and O–H groups in total. The fraction of sp³-hybridized carbons (Fsp3) is 0.438. The third-order valence-electron chi connectivity index (χ3n) is 3.44. The third kappa shape index (κ3) is 3.84. The smallest absolute Gasteiger partial charge is 0.124 e. The lowest BCUT2D eigenvalue weighted by molar-refractivity contribution is 0.296. The van der Waals surface area contributed by atoms with Crippen molar-refractivity contribution in [1.82, 2.24) is 14.9 Å². The Kier molecular flexibility index (Phi) is 5.18. The second kappa shape index (κ2) is 7.10. The predicted octanol–water partition coefficient (Wildman–Crippen LogP) is 2.94. The lowest BCUT2D eigenvalue weighted by atomic mass is 10.0. The maximum Gasteiger partial charge on any atom is 0.124 e. The van der Waals surface area contributed by atoms with E-state index in [9.17, 15) is 0 Å². The van der Waals surface area contributed by atoms with Gasteiger partial charge in [0.1, 0.15) is 5.75 Å². The van der Waals surface area contributed by atoms with Gasteiger partial charge < -0.3 is 14.6 Å². The SMILES string of the molecule is CNC(C)c1cc(C)ccc1OCCCn1ccnc1. The van der Waals surface area contributed by atoms with Crippen molar-refractivity contribution in [1.29, 1.82) is 0 Å². The molecule has 0 spiro atoms. The van der Waals surface area contributed by atoms with Crippen LogP contribution in [-0.2, 0) is 6.54 Å². The number of aryl methyl sites for hydroxylation is 2. The van der Waals surface area contributed by atoms with Crippen molar-refractivity contribution in [3.8, 4) is 5.75 Å². The molecule has 2 rings (SSSR count). The van der Waals surface area contributed by atoms with Crippen LogP contribution >= 0.6 is 0 Å². The number of benzene rings is 1. The summed E-state index contributed by atoms with van der Waals surface area (Å²) >= 11 is 0. The number of nitrogens with one attached hydrogen (secondary N) is 1. The van der Waals surface area contributed by atoms with Gasteiger partial charge in [-0.3, -0.25) is 0 Å². The molecule has 4 heteroatoms. The molecule has 1 aromatic carbocycles. The number of imidazole rings is 1. The second-order valence-corrected chi connectivity index (χ2v) is 5.05. The van der Waals surface area contributed by atoms with Gasteiger partial charge in [0.25, 0.3) is 0 Å². The van der Waals surface area contributed by atoms with E-state index in [0.29, 0.717) is 12.6 Å². The first-order chi connectivity index (χ1) is 9.70. The third-order valence-corrected chi connectivity index (χ3v) is 3.44. The Hall–Kier alpha value is -1.81. The molecule has 0 saturated carbocycles. The maximum atomic E-state index is 5.94. The molecule has 1 heterocycles. The minimum atomic E-state index is 0.290. The molecule has 0 aliphatic carbocycles. The Morgan fingerprint density at radius 3 is 2.95 bits per heavy atom. The molecular weight excluding hydrogens is 250 g/mol. The summed E-state index contributed by atoms with van der Waals surface area (Å²) in [5.74, 6) is 0.975. The molecule has 4 nitrogen and oxygen atoms in total. The van der Waals surface area contributed by atoms with Gasteiger partial charge in [0.2, 0.25) is 0 Å². The number of aromatic nitrogens is 2. The number of nitrogens with zero attached hydrogens (tertiary/aromatic N) is 2. The molecule has 1 aromatic heterocycles. The second-order valence-electron chi connectivity index (χ2n) is 5.05. The lowest BCUT2D eigenvalue weighted by Crippen LogP contribution is -2.14. The fourth-order valence-electron chi connectivity index (χ4n) is 2.14. The van der Waals surface area contributed by atoms with E-state index in [0.717, 1.165) is 18.7 Å². The van der Waals surface area contributed by atoms with Gasteiger partial charge >= 0.3 is 0 Å². The first-order valence-corrected chi connectivity index (χ1v) is 7.07. The van der Waals surface area contributed by atoms with Gasteiger partial charge in [0.15, 0.2) is 0 Å². The Labute approximate surface area is 120 Å². The molecule has 0 bridgehead atoms. The van der Waals surface area contributed by atoms with Gasteiger partial charge in [0.05, 0.1) is 12.9 Å². The van der Waals surface area contributed by atoms with E-state index >= 15 is 0 Å². The van der Waals surface area contributed by atoms with Gasteiger partial charge in [-0.2, -0.15) is 0 Å². The molecule has 0 aliphatic heterocycles. The van der Waals surface area contributed by atoms with Gasteiger partial charge in [-0.1, -0.05) is 17.7 Å². The molecular formula is C16H23N3O. The first-order valence-electron chi connectivity index (χ1n) is 7.07. The van der Waals surface area contributed by atoms with E-state index in [2.05, 4.69) is 46.9 Å². The summed E-state index contributed by atoms with van der Waals surface area (Å²) in [7, 11) is 1.97. The van der Waals surface area contributed by atoms with Crippen LogP contribution in [0.1, 0.15) is 30.5 Å². The standard InChI is InChI=1S/C16H23N3O/c1-13-5-6-16(15(11-13)14(2)17-3)20-10-4-8-19-9-7-18-12-19/h5-7,9,11-12,14,17H,4,8,10H2,1-3H3. The van der Waals surface area contributed by atoms with Crippen molar-refractivity contribution < 1.29 is 4.74 Å². The van der Waals surface area contributed by atoms with Gasteiger partial charge in [-0.25, -0.2) is 4.98 Å². The molecule has 0 saturated heterocycles. The van der Waals surface area contributed by atoms with Gasteiger partial charge in [0, 0.05) is 30.5 Å². The molecule has 0 fully saturated rings. The molecule has 1 unspecified atom stereocenters. The highest BCUT2D eigenvalue weighted by molar-refractivity contribution is 5.38. The van der Waals surface area contributed by atoms with Crippen LogP contribution in [-0.4, -0.2) is 23.2 Å². The first kappa shape index (κ1) is 14.6. The molecule has 0 amide bonds. The Morgan fingerprint density at radius 1 is 1.40 bits per heavy atom. The Morgan fingerprint density at radius 2 is 2.25 bits per heavy atom. The average molecular weight is 273 g/mol. The van der Waals surface area contributed by atoms with E-state index in [1.165, 1.54) is 11.1 Å². The number of rotatable bonds is 7. The molecule has 1 atom stereocenters. The van der Waals surface area contributed by atoms with Crippen LogP contribution in [0.15, 0.2) is 36.9 Å². The zero-order chi connectivity index (χ0) is 14.4. The van der Waals surface area contributed by atoms with Crippen molar-refractivity contribution in [3.05, 3.63) is 48.0 Å². The topological polar surface area (TPSA) is 39.1 Å². The van der Waals surface area contributed by atoms with Crippen molar-refractivity contribution >= 4 is 0 Å². The summed E-state index contributed by atoms with van der Waals surface area (Å²) < 4.78 is 8.00. The average Bonchev–Trinajstić information content (AvgIpc) is 2.97. The zero-order valence-corrected chi connectivity index (χ0v) is 12.5. The number of ether oxygens (including phenoxy) is 1. The van der Waals surface area contributed by atoms with E-state index in [1.807, 2.05) is 19.6 Å². The lowest BCUT2D eigenvalue weighted by Gasteiger charge is -2.17. The Balaban J connectivity index is 1.91. The van der Waals surface area contributed by atoms with E-state index in [1.54, 1.807) is 6.20 Å². The highest BCUT2D eigenvalue weighted by Crippen LogP contribution is 2.26. The van der Waals surface area contributed by atoms with E-state index < -0.39 is 0 Å². The quantitative estimate of drug-likeness (QED) is 0.788. The molecule has 108 valence electrons. The predicted molar refractivity (Wildman–Crippen MR) is 81.0 cm³/mol.